The number of benzene rings is 2. The highest BCUT2D eigenvalue weighted by Crippen LogP contribution is 2.26. The molecule has 0 radical (unpaired) electrons. The number of nitrogens with zero attached hydrogens (tertiary/aromatic N) is 2. The van der Waals surface area contributed by atoms with Gasteiger partial charge in [0.05, 0.1) is 11.9 Å². The minimum atomic E-state index is -4.79. The second-order valence-corrected chi connectivity index (χ2v) is 5.82. The number of rotatable bonds is 6. The molecule has 0 aliphatic heterocycles. The number of aromatic nitrogens is 2. The molecule has 9 heteroatoms. The molecule has 0 spiro atoms. The summed E-state index contributed by atoms with van der Waals surface area (Å²) >= 11 is 0. The van der Waals surface area contributed by atoms with Crippen molar-refractivity contribution in [1.29, 1.82) is 0 Å². The number of alkyl halides is 3. The van der Waals surface area contributed by atoms with Gasteiger partial charge in [-0.1, -0.05) is 36.4 Å². The Bertz CT molecular complexity index is 926. The summed E-state index contributed by atoms with van der Waals surface area (Å²) in [5.41, 5.74) is 1.88. The van der Waals surface area contributed by atoms with Crippen LogP contribution in [0.15, 0.2) is 67.0 Å². The molecule has 0 saturated carbocycles. The molecule has 0 unspecified atom stereocenters. The topological polar surface area (TPSA) is 68.2 Å². The molecule has 6 nitrogen and oxygen atoms in total. The van der Waals surface area contributed by atoms with Crippen molar-refractivity contribution < 1.29 is 22.7 Å². The lowest BCUT2D eigenvalue weighted by Crippen LogP contribution is -2.34. The van der Waals surface area contributed by atoms with Gasteiger partial charge in [0.15, 0.2) is 0 Å². The van der Waals surface area contributed by atoms with Crippen molar-refractivity contribution in [2.75, 3.05) is 0 Å². The molecular weight excluding hydrogens is 373 g/mol. The maximum Gasteiger partial charge on any atom is 0.573 e. The zero-order chi connectivity index (χ0) is 20.0. The van der Waals surface area contributed by atoms with Gasteiger partial charge >= 0.3 is 12.4 Å². The van der Waals surface area contributed by atoms with Crippen LogP contribution in [0.2, 0.25) is 0 Å². The fourth-order valence-corrected chi connectivity index (χ4v) is 2.47. The van der Waals surface area contributed by atoms with Crippen molar-refractivity contribution in [3.63, 3.8) is 0 Å². The van der Waals surface area contributed by atoms with Crippen molar-refractivity contribution in [1.82, 2.24) is 20.4 Å². The second-order valence-electron chi connectivity index (χ2n) is 5.82. The van der Waals surface area contributed by atoms with Crippen LogP contribution in [-0.2, 0) is 13.1 Å². The van der Waals surface area contributed by atoms with Crippen molar-refractivity contribution in [3.8, 4) is 11.4 Å². The lowest BCUT2D eigenvalue weighted by molar-refractivity contribution is -0.274. The first-order chi connectivity index (χ1) is 13.4. The molecule has 0 aliphatic rings. The van der Waals surface area contributed by atoms with Crippen LogP contribution in [0.5, 0.6) is 5.75 Å². The predicted molar refractivity (Wildman–Crippen MR) is 95.8 cm³/mol. The minimum Gasteiger partial charge on any atom is -0.405 e. The van der Waals surface area contributed by atoms with Crippen molar-refractivity contribution in [3.05, 3.63) is 78.1 Å². The zero-order valence-corrected chi connectivity index (χ0v) is 14.6. The van der Waals surface area contributed by atoms with Crippen molar-refractivity contribution >= 4 is 6.03 Å². The number of hydrogen-bond acceptors (Lipinski definition) is 3. The standard InChI is InChI=1S/C19H17F3N4O2/c20-19(21,22)28-17-9-5-4-6-15(17)12-24-18(27)23-10-14-11-25-26(13-14)16-7-2-1-3-8-16/h1-9,11,13H,10,12H2,(H2,23,24,27). The van der Waals surface area contributed by atoms with Crippen LogP contribution in [-0.4, -0.2) is 22.2 Å². The number of carbonyl (C=O) groups excluding carboxylic acids is 1. The van der Waals surface area contributed by atoms with Gasteiger partial charge < -0.3 is 15.4 Å². The normalized spacial score (nSPS) is 11.1. The molecule has 2 amide bonds. The van der Waals surface area contributed by atoms with E-state index in [4.69, 9.17) is 0 Å². The number of urea groups is 1. The SMILES string of the molecule is O=C(NCc1cnn(-c2ccccc2)c1)NCc1ccccc1OC(F)(F)F. The molecule has 0 bridgehead atoms. The smallest absolute Gasteiger partial charge is 0.405 e. The zero-order valence-electron chi connectivity index (χ0n) is 14.6. The molecule has 0 fully saturated rings. The molecule has 0 saturated heterocycles. The lowest BCUT2D eigenvalue weighted by Gasteiger charge is -2.13. The van der Waals surface area contributed by atoms with E-state index in [0.717, 1.165) is 11.3 Å². The fraction of sp³-hybridized carbons (Fsp3) is 0.158. The van der Waals surface area contributed by atoms with Crippen LogP contribution in [0.4, 0.5) is 18.0 Å². The molecule has 0 atom stereocenters. The number of carbonyl (C=O) groups is 1. The Balaban J connectivity index is 1.51. The number of hydrogen-bond donors (Lipinski definition) is 2. The van der Waals surface area contributed by atoms with E-state index in [1.807, 2.05) is 30.3 Å². The first kappa shape index (κ1) is 19.3. The molecule has 146 valence electrons. The summed E-state index contributed by atoms with van der Waals surface area (Å²) in [6.45, 7) is 0.112. The molecule has 3 aromatic rings. The number of nitrogens with one attached hydrogen (secondary N) is 2. The van der Waals surface area contributed by atoms with Crippen LogP contribution in [0.3, 0.4) is 0 Å². The second kappa shape index (κ2) is 8.47. The Morgan fingerprint density at radius 1 is 1.00 bits per heavy atom. The predicted octanol–water partition coefficient (Wildman–Crippen LogP) is 3.77. The van der Waals surface area contributed by atoms with E-state index in [1.54, 1.807) is 23.1 Å². The van der Waals surface area contributed by atoms with Crippen LogP contribution in [0, 0.1) is 0 Å². The molecule has 1 aromatic heterocycles. The molecular formula is C19H17F3N4O2. The summed E-state index contributed by atoms with van der Waals surface area (Å²) in [5.74, 6) is -0.348. The maximum absolute atomic E-state index is 12.4. The quantitative estimate of drug-likeness (QED) is 0.673. The summed E-state index contributed by atoms with van der Waals surface area (Å²) in [6, 6.07) is 14.6. The van der Waals surface area contributed by atoms with E-state index in [0.29, 0.717) is 0 Å². The maximum atomic E-state index is 12.4. The summed E-state index contributed by atoms with van der Waals surface area (Å²) in [7, 11) is 0. The highest BCUT2D eigenvalue weighted by atomic mass is 19.4. The van der Waals surface area contributed by atoms with Gasteiger partial charge in [-0.2, -0.15) is 5.10 Å². The van der Waals surface area contributed by atoms with E-state index < -0.39 is 12.4 Å². The fourth-order valence-electron chi connectivity index (χ4n) is 2.47. The summed E-state index contributed by atoms with van der Waals surface area (Å²) in [5, 5.41) is 9.37. The summed E-state index contributed by atoms with van der Waals surface area (Å²) in [4.78, 5) is 12.0. The Morgan fingerprint density at radius 2 is 1.68 bits per heavy atom. The molecule has 28 heavy (non-hydrogen) atoms. The van der Waals surface area contributed by atoms with Crippen LogP contribution in [0.1, 0.15) is 11.1 Å². The number of halogens is 3. The minimum absolute atomic E-state index is 0.110. The van der Waals surface area contributed by atoms with E-state index in [1.165, 1.54) is 18.2 Å². The van der Waals surface area contributed by atoms with Crippen LogP contribution >= 0.6 is 0 Å². The third-order valence-electron chi connectivity index (χ3n) is 3.75. The van der Waals surface area contributed by atoms with Crippen molar-refractivity contribution in [2.24, 2.45) is 0 Å². The van der Waals surface area contributed by atoms with Gasteiger partial charge in [0.25, 0.3) is 0 Å². The monoisotopic (exact) mass is 390 g/mol. The third-order valence-corrected chi connectivity index (χ3v) is 3.75. The molecule has 0 aliphatic carbocycles. The average molecular weight is 390 g/mol. The van der Waals surface area contributed by atoms with Gasteiger partial charge in [-0.25, -0.2) is 9.48 Å². The molecule has 2 N–H and O–H groups in total. The number of amides is 2. The summed E-state index contributed by atoms with van der Waals surface area (Å²) in [6.07, 6.45) is -1.39. The van der Waals surface area contributed by atoms with Gasteiger partial charge in [0, 0.05) is 30.4 Å². The Labute approximate surface area is 158 Å². The first-order valence-corrected chi connectivity index (χ1v) is 8.35. The lowest BCUT2D eigenvalue weighted by atomic mass is 10.2. The third kappa shape index (κ3) is 5.50. The van der Waals surface area contributed by atoms with Crippen molar-refractivity contribution in [2.45, 2.75) is 19.5 Å². The van der Waals surface area contributed by atoms with Gasteiger partial charge in [0.2, 0.25) is 0 Å². The van der Waals surface area contributed by atoms with Gasteiger partial charge in [-0.05, 0) is 18.2 Å². The molecule has 1 heterocycles. The van der Waals surface area contributed by atoms with E-state index in [-0.39, 0.29) is 24.4 Å². The van der Waals surface area contributed by atoms with E-state index in [9.17, 15) is 18.0 Å². The van der Waals surface area contributed by atoms with Crippen LogP contribution < -0.4 is 15.4 Å². The molecule has 2 aromatic carbocycles. The van der Waals surface area contributed by atoms with Gasteiger partial charge in [0.1, 0.15) is 5.75 Å². The summed E-state index contributed by atoms with van der Waals surface area (Å²) < 4.78 is 42.9. The van der Waals surface area contributed by atoms with Gasteiger partial charge in [-0.3, -0.25) is 0 Å². The average Bonchev–Trinajstić information content (AvgIpc) is 3.14. The van der Waals surface area contributed by atoms with Gasteiger partial charge in [-0.15, -0.1) is 13.2 Å². The Hall–Kier alpha value is -3.49. The first-order valence-electron chi connectivity index (χ1n) is 8.35. The van der Waals surface area contributed by atoms with E-state index >= 15 is 0 Å². The highest BCUT2D eigenvalue weighted by molar-refractivity contribution is 5.73. The van der Waals surface area contributed by atoms with E-state index in [2.05, 4.69) is 20.5 Å². The molecule has 3 rings (SSSR count). The Kier molecular flexibility index (Phi) is 5.83. The number of ether oxygens (including phenoxy) is 1. The Morgan fingerprint density at radius 3 is 2.43 bits per heavy atom. The number of para-hydroxylation sites is 2. The highest BCUT2D eigenvalue weighted by Gasteiger charge is 2.31. The largest absolute Gasteiger partial charge is 0.573 e. The van der Waals surface area contributed by atoms with Crippen LogP contribution in [0.25, 0.3) is 5.69 Å².